The van der Waals surface area contributed by atoms with Crippen LogP contribution < -0.4 is 10.6 Å². The number of thioether (sulfide) groups is 1. The second-order valence-corrected chi connectivity index (χ2v) is 8.15. The molecule has 2 amide bonds. The molecular weight excluding hydrogens is 360 g/mol. The molecule has 0 bridgehead atoms. The highest BCUT2D eigenvalue weighted by Crippen LogP contribution is 2.31. The summed E-state index contributed by atoms with van der Waals surface area (Å²) in [5.74, 6) is -0.0777. The number of hydrogen-bond donors (Lipinski definition) is 2. The molecule has 2 N–H and O–H groups in total. The zero-order chi connectivity index (χ0) is 19.7. The first-order valence-electron chi connectivity index (χ1n) is 8.56. The summed E-state index contributed by atoms with van der Waals surface area (Å²) in [6, 6.07) is 0. The van der Waals surface area contributed by atoms with Crippen LogP contribution in [0.5, 0.6) is 0 Å². The number of Topliss-reactive ketones (excluding diaryl/α,β-unsaturated/α-hetero) is 1. The van der Waals surface area contributed by atoms with Gasteiger partial charge in [-0.05, 0) is 6.92 Å². The van der Waals surface area contributed by atoms with Gasteiger partial charge in [0.2, 0.25) is 11.8 Å². The lowest BCUT2D eigenvalue weighted by molar-refractivity contribution is -0.253. The van der Waals surface area contributed by atoms with Crippen LogP contribution in [0.2, 0.25) is 0 Å². The van der Waals surface area contributed by atoms with Crippen molar-refractivity contribution >= 4 is 34.5 Å². The molecule has 0 spiro atoms. The van der Waals surface area contributed by atoms with Crippen molar-refractivity contribution in [1.29, 1.82) is 0 Å². The maximum atomic E-state index is 12.4. The molecule has 1 aliphatic heterocycles. The molecule has 26 heavy (non-hydrogen) atoms. The van der Waals surface area contributed by atoms with E-state index >= 15 is 0 Å². The molecule has 1 fully saturated rings. The van der Waals surface area contributed by atoms with Gasteiger partial charge in [0.25, 0.3) is 0 Å². The van der Waals surface area contributed by atoms with Gasteiger partial charge >= 0.3 is 0 Å². The minimum atomic E-state index is -0.754. The lowest BCUT2D eigenvalue weighted by atomic mass is 9.85. The standard InChI is InChI=1S/C17H28N2O6S/c1-11(20)9-14-24-10-17(3,4)15(25-14)16(23)19-6-5-13(22)18-7-8-26-12(2)21/h14-15H,5-10H2,1-4H3,(H,18,22)(H,19,23)/t14?,15-/m0/s1. The van der Waals surface area contributed by atoms with Crippen LogP contribution in [0, 0.1) is 5.41 Å². The molecule has 1 rings (SSSR count). The summed E-state index contributed by atoms with van der Waals surface area (Å²) in [5.41, 5.74) is -0.538. The van der Waals surface area contributed by atoms with Gasteiger partial charge in [0.15, 0.2) is 11.4 Å². The number of carbonyl (C=O) groups is 4. The van der Waals surface area contributed by atoms with E-state index in [1.54, 1.807) is 0 Å². The lowest BCUT2D eigenvalue weighted by Gasteiger charge is -2.40. The first-order valence-corrected chi connectivity index (χ1v) is 9.54. The van der Waals surface area contributed by atoms with Crippen molar-refractivity contribution < 1.29 is 28.7 Å². The van der Waals surface area contributed by atoms with E-state index in [1.165, 1.54) is 13.8 Å². The summed E-state index contributed by atoms with van der Waals surface area (Å²) in [6.45, 7) is 7.50. The van der Waals surface area contributed by atoms with E-state index in [2.05, 4.69) is 10.6 Å². The zero-order valence-electron chi connectivity index (χ0n) is 15.8. The molecule has 8 nitrogen and oxygen atoms in total. The molecule has 1 heterocycles. The Balaban J connectivity index is 2.36. The van der Waals surface area contributed by atoms with Crippen LogP contribution in [-0.4, -0.2) is 60.6 Å². The van der Waals surface area contributed by atoms with E-state index in [4.69, 9.17) is 9.47 Å². The summed E-state index contributed by atoms with van der Waals surface area (Å²) in [5, 5.41) is 5.39. The van der Waals surface area contributed by atoms with Crippen molar-refractivity contribution in [3.8, 4) is 0 Å². The number of rotatable bonds is 9. The Labute approximate surface area is 158 Å². The fraction of sp³-hybridized carbons (Fsp3) is 0.765. The average Bonchev–Trinajstić information content (AvgIpc) is 2.52. The summed E-state index contributed by atoms with van der Waals surface area (Å²) in [6.07, 6.45) is -1.24. The third-order valence-corrected chi connectivity index (χ3v) is 4.53. The number of carbonyl (C=O) groups excluding carboxylic acids is 4. The SMILES string of the molecule is CC(=O)CC1OCC(C)(C)[C@H](C(=O)NCCC(=O)NCCSC(C)=O)O1. The number of amides is 2. The van der Waals surface area contributed by atoms with Gasteiger partial charge in [0.05, 0.1) is 13.0 Å². The highest BCUT2D eigenvalue weighted by atomic mass is 32.2. The van der Waals surface area contributed by atoms with E-state index in [9.17, 15) is 19.2 Å². The van der Waals surface area contributed by atoms with Gasteiger partial charge in [-0.25, -0.2) is 0 Å². The van der Waals surface area contributed by atoms with Crippen LogP contribution in [0.3, 0.4) is 0 Å². The van der Waals surface area contributed by atoms with Crippen molar-refractivity contribution in [3.05, 3.63) is 0 Å². The van der Waals surface area contributed by atoms with Crippen LogP contribution in [-0.2, 0) is 28.7 Å². The smallest absolute Gasteiger partial charge is 0.249 e. The maximum absolute atomic E-state index is 12.4. The Morgan fingerprint density at radius 1 is 1.12 bits per heavy atom. The Hall–Kier alpha value is -1.45. The first kappa shape index (κ1) is 22.6. The van der Waals surface area contributed by atoms with Crippen molar-refractivity contribution in [1.82, 2.24) is 10.6 Å². The fourth-order valence-electron chi connectivity index (χ4n) is 2.38. The predicted molar refractivity (Wildman–Crippen MR) is 97.5 cm³/mol. The van der Waals surface area contributed by atoms with E-state index in [1.807, 2.05) is 13.8 Å². The lowest BCUT2D eigenvalue weighted by Crippen LogP contribution is -2.54. The molecule has 2 atom stereocenters. The largest absolute Gasteiger partial charge is 0.355 e. The van der Waals surface area contributed by atoms with Crippen LogP contribution in [0.25, 0.3) is 0 Å². The Kier molecular flexibility index (Phi) is 9.24. The van der Waals surface area contributed by atoms with Crippen molar-refractivity contribution in [2.24, 2.45) is 5.41 Å². The molecule has 1 saturated heterocycles. The van der Waals surface area contributed by atoms with Crippen LogP contribution in [0.15, 0.2) is 0 Å². The third-order valence-electron chi connectivity index (χ3n) is 3.71. The molecule has 1 unspecified atom stereocenters. The zero-order valence-corrected chi connectivity index (χ0v) is 16.6. The highest BCUT2D eigenvalue weighted by molar-refractivity contribution is 8.13. The topological polar surface area (TPSA) is 111 Å². The molecule has 9 heteroatoms. The highest BCUT2D eigenvalue weighted by Gasteiger charge is 2.42. The van der Waals surface area contributed by atoms with E-state index in [-0.39, 0.29) is 42.1 Å². The molecule has 0 aliphatic carbocycles. The van der Waals surface area contributed by atoms with Crippen molar-refractivity contribution in [3.63, 3.8) is 0 Å². The molecule has 0 aromatic heterocycles. The van der Waals surface area contributed by atoms with Crippen LogP contribution in [0.1, 0.15) is 40.5 Å². The summed E-state index contributed by atoms with van der Waals surface area (Å²) in [7, 11) is 0. The van der Waals surface area contributed by atoms with Gasteiger partial charge < -0.3 is 20.1 Å². The number of nitrogens with one attached hydrogen (secondary N) is 2. The van der Waals surface area contributed by atoms with Crippen molar-refractivity contribution in [2.75, 3.05) is 25.4 Å². The molecule has 0 saturated carbocycles. The Morgan fingerprint density at radius 3 is 2.42 bits per heavy atom. The van der Waals surface area contributed by atoms with E-state index < -0.39 is 17.8 Å². The molecule has 0 radical (unpaired) electrons. The van der Waals surface area contributed by atoms with Crippen LogP contribution >= 0.6 is 11.8 Å². The van der Waals surface area contributed by atoms with Gasteiger partial charge in [0.1, 0.15) is 11.9 Å². The summed E-state index contributed by atoms with van der Waals surface area (Å²) >= 11 is 1.15. The van der Waals surface area contributed by atoms with E-state index in [0.29, 0.717) is 18.9 Å². The second kappa shape index (κ2) is 10.6. The second-order valence-electron chi connectivity index (χ2n) is 6.88. The Morgan fingerprint density at radius 2 is 1.81 bits per heavy atom. The quantitative estimate of drug-likeness (QED) is 0.558. The maximum Gasteiger partial charge on any atom is 0.249 e. The van der Waals surface area contributed by atoms with Gasteiger partial charge in [-0.1, -0.05) is 25.6 Å². The molecule has 148 valence electrons. The minimum Gasteiger partial charge on any atom is -0.355 e. The van der Waals surface area contributed by atoms with Gasteiger partial charge in [-0.3, -0.25) is 19.2 Å². The molecule has 0 aromatic rings. The van der Waals surface area contributed by atoms with Crippen molar-refractivity contribution in [2.45, 2.75) is 52.9 Å². The first-order chi connectivity index (χ1) is 12.1. The minimum absolute atomic E-state index is 0.00802. The van der Waals surface area contributed by atoms with E-state index in [0.717, 1.165) is 11.8 Å². The van der Waals surface area contributed by atoms with Gasteiger partial charge in [-0.2, -0.15) is 0 Å². The fourth-order valence-corrected chi connectivity index (χ4v) is 2.87. The third kappa shape index (κ3) is 8.29. The normalized spacial score (nSPS) is 21.7. The van der Waals surface area contributed by atoms with Gasteiger partial charge in [0, 0.05) is 37.6 Å². The summed E-state index contributed by atoms with van der Waals surface area (Å²) < 4.78 is 11.1. The van der Waals surface area contributed by atoms with Crippen LogP contribution in [0.4, 0.5) is 0 Å². The molecular formula is C17H28N2O6S. The number of hydrogen-bond acceptors (Lipinski definition) is 7. The monoisotopic (exact) mass is 388 g/mol. The van der Waals surface area contributed by atoms with Gasteiger partial charge in [-0.15, -0.1) is 0 Å². The Bertz CT molecular complexity index is 537. The summed E-state index contributed by atoms with van der Waals surface area (Å²) in [4.78, 5) is 46.1. The molecule has 1 aliphatic rings. The predicted octanol–water partition coefficient (Wildman–Crippen LogP) is 0.635. The average molecular weight is 388 g/mol. The number of ketones is 1. The number of ether oxygens (including phenoxy) is 2. The molecule has 0 aromatic carbocycles.